The Kier molecular flexibility index (Phi) is 3.25. The van der Waals surface area contributed by atoms with E-state index < -0.39 is 0 Å². The molecule has 1 atom stereocenters. The lowest BCUT2D eigenvalue weighted by atomic mass is 9.97. The number of aromatic hydroxyl groups is 1. The highest BCUT2D eigenvalue weighted by Gasteiger charge is 2.10. The fourth-order valence-electron chi connectivity index (χ4n) is 1.32. The molecule has 0 radical (unpaired) electrons. The number of phenolic OH excluding ortho intramolecular Hbond substituents is 1. The first-order chi connectivity index (χ1) is 6.15. The second kappa shape index (κ2) is 4.23. The first-order valence-electron chi connectivity index (χ1n) is 4.33. The molecule has 1 unspecified atom stereocenters. The van der Waals surface area contributed by atoms with Gasteiger partial charge in [-0.05, 0) is 30.5 Å². The van der Waals surface area contributed by atoms with Gasteiger partial charge >= 0.3 is 0 Å². The topological polar surface area (TPSA) is 46.2 Å². The molecule has 3 heteroatoms. The van der Waals surface area contributed by atoms with Gasteiger partial charge in [-0.1, -0.05) is 13.0 Å². The zero-order valence-electron chi connectivity index (χ0n) is 7.63. The minimum absolute atomic E-state index is 0.0406. The van der Waals surface area contributed by atoms with Gasteiger partial charge in [-0.15, -0.1) is 0 Å². The maximum Gasteiger partial charge on any atom is 0.130 e. The Morgan fingerprint density at radius 2 is 2.23 bits per heavy atom. The molecule has 0 amide bonds. The number of nitrogens with two attached hydrogens (primary N) is 1. The number of hydrogen-bond donors (Lipinski definition) is 2. The summed E-state index contributed by atoms with van der Waals surface area (Å²) in [6, 6.07) is 4.22. The van der Waals surface area contributed by atoms with Crippen molar-refractivity contribution in [3.8, 4) is 5.75 Å². The summed E-state index contributed by atoms with van der Waals surface area (Å²) >= 11 is 0. The summed E-state index contributed by atoms with van der Waals surface area (Å²) in [5.41, 5.74) is 5.99. The van der Waals surface area contributed by atoms with E-state index in [0.717, 1.165) is 12.5 Å². The summed E-state index contributed by atoms with van der Waals surface area (Å²) in [6.07, 6.45) is 0.752. The van der Waals surface area contributed by atoms with Gasteiger partial charge in [0.05, 0.1) is 0 Å². The highest BCUT2D eigenvalue weighted by atomic mass is 19.1. The molecular formula is C10H14FNO. The first kappa shape index (κ1) is 9.99. The van der Waals surface area contributed by atoms with Gasteiger partial charge < -0.3 is 10.8 Å². The van der Waals surface area contributed by atoms with Crippen LogP contribution < -0.4 is 5.73 Å². The van der Waals surface area contributed by atoms with Crippen molar-refractivity contribution in [2.75, 3.05) is 6.54 Å². The lowest BCUT2D eigenvalue weighted by Gasteiger charge is -2.11. The molecule has 1 aromatic carbocycles. The predicted octanol–water partition coefficient (Wildman–Crippen LogP) is 1.98. The van der Waals surface area contributed by atoms with Gasteiger partial charge in [-0.3, -0.25) is 0 Å². The number of phenols is 1. The average molecular weight is 183 g/mol. The molecule has 0 aromatic heterocycles. The Bertz CT molecular complexity index is 288. The van der Waals surface area contributed by atoms with Crippen LogP contribution in [0.3, 0.4) is 0 Å². The van der Waals surface area contributed by atoms with Crippen LogP contribution in [0.2, 0.25) is 0 Å². The van der Waals surface area contributed by atoms with Crippen LogP contribution in [0, 0.1) is 5.82 Å². The first-order valence-corrected chi connectivity index (χ1v) is 4.33. The van der Waals surface area contributed by atoms with Gasteiger partial charge in [0.25, 0.3) is 0 Å². The van der Waals surface area contributed by atoms with Crippen LogP contribution in [0.25, 0.3) is 0 Å². The lowest BCUT2D eigenvalue weighted by Crippen LogP contribution is -2.05. The summed E-state index contributed by atoms with van der Waals surface area (Å²) in [5.74, 6) is -0.298. The third-order valence-corrected chi connectivity index (χ3v) is 2.11. The van der Waals surface area contributed by atoms with Gasteiger partial charge in [0.1, 0.15) is 11.6 Å². The SMILES string of the molecule is CC(CCN)c1ccc(O)cc1F. The van der Waals surface area contributed by atoms with Crippen LogP contribution in [-0.4, -0.2) is 11.7 Å². The molecule has 72 valence electrons. The van der Waals surface area contributed by atoms with Crippen LogP contribution >= 0.6 is 0 Å². The molecule has 0 saturated carbocycles. The van der Waals surface area contributed by atoms with E-state index in [4.69, 9.17) is 10.8 Å². The monoisotopic (exact) mass is 183 g/mol. The standard InChI is InChI=1S/C10H14FNO/c1-7(4-5-12)9-3-2-8(13)6-10(9)11/h2-3,6-7,13H,4-5,12H2,1H3. The molecule has 0 aliphatic heterocycles. The Hall–Kier alpha value is -1.09. The van der Waals surface area contributed by atoms with E-state index >= 15 is 0 Å². The number of hydrogen-bond acceptors (Lipinski definition) is 2. The second-order valence-corrected chi connectivity index (χ2v) is 3.18. The van der Waals surface area contributed by atoms with Crippen molar-refractivity contribution in [1.29, 1.82) is 0 Å². The quantitative estimate of drug-likeness (QED) is 0.752. The Balaban J connectivity index is 2.88. The highest BCUT2D eigenvalue weighted by molar-refractivity contribution is 5.29. The molecular weight excluding hydrogens is 169 g/mol. The molecule has 13 heavy (non-hydrogen) atoms. The maximum absolute atomic E-state index is 13.2. The van der Waals surface area contributed by atoms with Gasteiger partial charge in [0, 0.05) is 6.07 Å². The Morgan fingerprint density at radius 1 is 1.54 bits per heavy atom. The van der Waals surface area contributed by atoms with Crippen LogP contribution in [-0.2, 0) is 0 Å². The number of halogens is 1. The summed E-state index contributed by atoms with van der Waals surface area (Å²) < 4.78 is 13.2. The van der Waals surface area contributed by atoms with Crippen molar-refractivity contribution in [3.05, 3.63) is 29.6 Å². The van der Waals surface area contributed by atoms with E-state index in [2.05, 4.69) is 0 Å². The van der Waals surface area contributed by atoms with E-state index in [1.54, 1.807) is 6.07 Å². The molecule has 0 bridgehead atoms. The van der Waals surface area contributed by atoms with Crippen LogP contribution in [0.15, 0.2) is 18.2 Å². The number of rotatable bonds is 3. The predicted molar refractivity (Wildman–Crippen MR) is 50.2 cm³/mol. The van der Waals surface area contributed by atoms with Gasteiger partial charge in [0.15, 0.2) is 0 Å². The van der Waals surface area contributed by atoms with Crippen LogP contribution in [0.1, 0.15) is 24.8 Å². The fraction of sp³-hybridized carbons (Fsp3) is 0.400. The van der Waals surface area contributed by atoms with E-state index in [9.17, 15) is 4.39 Å². The Labute approximate surface area is 77.2 Å². The summed E-state index contributed by atoms with van der Waals surface area (Å²) in [5, 5.41) is 8.98. The van der Waals surface area contributed by atoms with Crippen molar-refractivity contribution in [3.63, 3.8) is 0 Å². The fourth-order valence-corrected chi connectivity index (χ4v) is 1.32. The summed E-state index contributed by atoms with van der Waals surface area (Å²) in [7, 11) is 0. The lowest BCUT2D eigenvalue weighted by molar-refractivity contribution is 0.466. The zero-order valence-corrected chi connectivity index (χ0v) is 7.63. The van der Waals surface area contributed by atoms with E-state index in [0.29, 0.717) is 12.1 Å². The molecule has 0 aliphatic carbocycles. The smallest absolute Gasteiger partial charge is 0.130 e. The van der Waals surface area contributed by atoms with Gasteiger partial charge in [-0.25, -0.2) is 4.39 Å². The van der Waals surface area contributed by atoms with E-state index in [1.807, 2.05) is 6.92 Å². The van der Waals surface area contributed by atoms with Gasteiger partial charge in [-0.2, -0.15) is 0 Å². The molecule has 0 aliphatic rings. The average Bonchev–Trinajstić information content (AvgIpc) is 2.04. The van der Waals surface area contributed by atoms with Crippen LogP contribution in [0.4, 0.5) is 4.39 Å². The summed E-state index contributed by atoms with van der Waals surface area (Å²) in [4.78, 5) is 0. The third kappa shape index (κ3) is 2.42. The molecule has 3 N–H and O–H groups in total. The summed E-state index contributed by atoms with van der Waals surface area (Å²) in [6.45, 7) is 2.46. The third-order valence-electron chi connectivity index (χ3n) is 2.11. The Morgan fingerprint density at radius 3 is 2.77 bits per heavy atom. The second-order valence-electron chi connectivity index (χ2n) is 3.18. The van der Waals surface area contributed by atoms with Crippen molar-refractivity contribution in [1.82, 2.24) is 0 Å². The normalized spacial score (nSPS) is 12.8. The van der Waals surface area contributed by atoms with Crippen molar-refractivity contribution in [2.45, 2.75) is 19.3 Å². The largest absolute Gasteiger partial charge is 0.508 e. The number of benzene rings is 1. The molecule has 0 spiro atoms. The molecule has 1 rings (SSSR count). The van der Waals surface area contributed by atoms with E-state index in [1.165, 1.54) is 6.07 Å². The molecule has 1 aromatic rings. The molecule has 0 fully saturated rings. The van der Waals surface area contributed by atoms with Crippen LogP contribution in [0.5, 0.6) is 5.75 Å². The van der Waals surface area contributed by atoms with Crippen molar-refractivity contribution in [2.24, 2.45) is 5.73 Å². The molecule has 0 heterocycles. The zero-order chi connectivity index (χ0) is 9.84. The minimum Gasteiger partial charge on any atom is -0.508 e. The van der Waals surface area contributed by atoms with Crippen molar-refractivity contribution >= 4 is 0 Å². The molecule has 2 nitrogen and oxygen atoms in total. The maximum atomic E-state index is 13.2. The minimum atomic E-state index is -0.360. The van der Waals surface area contributed by atoms with Crippen molar-refractivity contribution < 1.29 is 9.50 Å². The van der Waals surface area contributed by atoms with Gasteiger partial charge in [0.2, 0.25) is 0 Å². The highest BCUT2D eigenvalue weighted by Crippen LogP contribution is 2.24. The van der Waals surface area contributed by atoms with E-state index in [-0.39, 0.29) is 17.5 Å². The molecule has 0 saturated heterocycles.